The minimum atomic E-state index is 0.449. The van der Waals surface area contributed by atoms with E-state index in [9.17, 15) is 0 Å². The van der Waals surface area contributed by atoms with Crippen LogP contribution in [0.3, 0.4) is 0 Å². The Bertz CT molecular complexity index is 893. The number of H-pyrrole nitrogens is 1. The number of nitrogens with zero attached hydrogens (tertiary/aromatic N) is 2. The fourth-order valence-electron chi connectivity index (χ4n) is 2.47. The van der Waals surface area contributed by atoms with E-state index >= 15 is 0 Å². The Labute approximate surface area is 148 Å². The molecule has 0 saturated heterocycles. The van der Waals surface area contributed by atoms with E-state index in [0.717, 1.165) is 22.1 Å². The molecule has 0 aliphatic rings. The van der Waals surface area contributed by atoms with Gasteiger partial charge in [-0.3, -0.25) is 10.3 Å². The summed E-state index contributed by atoms with van der Waals surface area (Å²) in [5, 5.41) is 15.8. The van der Waals surface area contributed by atoms with E-state index in [1.165, 1.54) is 10.9 Å². The molecule has 0 radical (unpaired) electrons. The van der Waals surface area contributed by atoms with Crippen molar-refractivity contribution >= 4 is 38.5 Å². The number of benzene rings is 2. The molecule has 0 unspecified atom stereocenters. The molecule has 6 heteroatoms. The molecule has 120 valence electrons. The Morgan fingerprint density at radius 3 is 2.83 bits per heavy atom. The van der Waals surface area contributed by atoms with Crippen LogP contribution in [0.25, 0.3) is 10.9 Å². The van der Waals surface area contributed by atoms with Gasteiger partial charge in [-0.05, 0) is 42.3 Å². The largest absolute Gasteiger partial charge is 0.361 e. The SMILES string of the molecule is N#CNC(=NCCc1c[nH]c2ccc(Br)cc12)Nc1ccccc1. The molecule has 2 aromatic carbocycles. The van der Waals surface area contributed by atoms with E-state index in [2.05, 4.69) is 42.6 Å². The van der Waals surface area contributed by atoms with Gasteiger partial charge in [0.2, 0.25) is 5.96 Å². The Morgan fingerprint density at radius 1 is 1.21 bits per heavy atom. The smallest absolute Gasteiger partial charge is 0.209 e. The van der Waals surface area contributed by atoms with Gasteiger partial charge in [0.05, 0.1) is 0 Å². The van der Waals surface area contributed by atoms with Crippen LogP contribution in [0.5, 0.6) is 0 Å². The van der Waals surface area contributed by atoms with Crippen LogP contribution in [-0.2, 0) is 6.42 Å². The molecular formula is C18H16BrN5. The highest BCUT2D eigenvalue weighted by molar-refractivity contribution is 9.10. The van der Waals surface area contributed by atoms with Crippen molar-refractivity contribution in [2.75, 3.05) is 11.9 Å². The highest BCUT2D eigenvalue weighted by Crippen LogP contribution is 2.23. The summed E-state index contributed by atoms with van der Waals surface area (Å²) in [6.07, 6.45) is 4.70. The Morgan fingerprint density at radius 2 is 2.04 bits per heavy atom. The molecule has 0 saturated carbocycles. The summed E-state index contributed by atoms with van der Waals surface area (Å²) in [6.45, 7) is 0.573. The number of guanidine groups is 1. The van der Waals surface area contributed by atoms with Gasteiger partial charge in [-0.1, -0.05) is 34.1 Å². The fourth-order valence-corrected chi connectivity index (χ4v) is 2.83. The Balaban J connectivity index is 1.70. The highest BCUT2D eigenvalue weighted by Gasteiger charge is 2.04. The van der Waals surface area contributed by atoms with E-state index in [4.69, 9.17) is 5.26 Å². The Hall–Kier alpha value is -2.78. The van der Waals surface area contributed by atoms with Gasteiger partial charge in [0.1, 0.15) is 0 Å². The van der Waals surface area contributed by atoms with Crippen LogP contribution in [0, 0.1) is 11.5 Å². The summed E-state index contributed by atoms with van der Waals surface area (Å²) >= 11 is 3.50. The molecule has 3 aromatic rings. The third kappa shape index (κ3) is 3.94. The van der Waals surface area contributed by atoms with Gasteiger partial charge in [0.25, 0.3) is 0 Å². The lowest BCUT2D eigenvalue weighted by atomic mass is 10.1. The van der Waals surface area contributed by atoms with Crippen LogP contribution in [0.15, 0.2) is 64.2 Å². The molecule has 0 spiro atoms. The van der Waals surface area contributed by atoms with Crippen molar-refractivity contribution in [1.29, 1.82) is 5.26 Å². The van der Waals surface area contributed by atoms with Gasteiger partial charge >= 0.3 is 0 Å². The van der Waals surface area contributed by atoms with Crippen LogP contribution in [0.2, 0.25) is 0 Å². The van der Waals surface area contributed by atoms with Gasteiger partial charge in [-0.15, -0.1) is 0 Å². The lowest BCUT2D eigenvalue weighted by Gasteiger charge is -2.07. The average Bonchev–Trinajstić information content (AvgIpc) is 2.98. The van der Waals surface area contributed by atoms with E-state index in [1.807, 2.05) is 54.9 Å². The normalized spacial score (nSPS) is 11.2. The number of aromatic nitrogens is 1. The molecular weight excluding hydrogens is 366 g/mol. The van der Waals surface area contributed by atoms with Crippen molar-refractivity contribution in [2.45, 2.75) is 6.42 Å². The zero-order valence-electron chi connectivity index (χ0n) is 12.9. The molecule has 0 fully saturated rings. The van der Waals surface area contributed by atoms with Crippen molar-refractivity contribution in [3.63, 3.8) is 0 Å². The first kappa shape index (κ1) is 16.1. The summed E-state index contributed by atoms with van der Waals surface area (Å²) in [4.78, 5) is 7.72. The van der Waals surface area contributed by atoms with Crippen molar-refractivity contribution in [3.05, 3.63) is 64.8 Å². The second-order valence-corrected chi connectivity index (χ2v) is 6.13. The first-order valence-corrected chi connectivity index (χ1v) is 8.33. The van der Waals surface area contributed by atoms with Gasteiger partial charge in [-0.25, -0.2) is 0 Å². The predicted molar refractivity (Wildman–Crippen MR) is 101 cm³/mol. The summed E-state index contributed by atoms with van der Waals surface area (Å²) in [5.74, 6) is 0.449. The molecule has 3 N–H and O–H groups in total. The first-order valence-electron chi connectivity index (χ1n) is 7.53. The van der Waals surface area contributed by atoms with E-state index in [-0.39, 0.29) is 0 Å². The number of hydrogen-bond acceptors (Lipinski definition) is 2. The predicted octanol–water partition coefficient (Wildman–Crippen LogP) is 4.01. The second-order valence-electron chi connectivity index (χ2n) is 5.21. The molecule has 1 aromatic heterocycles. The molecule has 3 rings (SSSR count). The van der Waals surface area contributed by atoms with Crippen LogP contribution in [0.4, 0.5) is 5.69 Å². The number of nitriles is 1. The lowest BCUT2D eigenvalue weighted by molar-refractivity contribution is 0.963. The average molecular weight is 382 g/mol. The number of anilines is 1. The van der Waals surface area contributed by atoms with Crippen molar-refractivity contribution in [2.24, 2.45) is 4.99 Å². The van der Waals surface area contributed by atoms with Gasteiger partial charge < -0.3 is 10.3 Å². The summed E-state index contributed by atoms with van der Waals surface area (Å²) in [5.41, 5.74) is 3.19. The van der Waals surface area contributed by atoms with Crippen molar-refractivity contribution in [3.8, 4) is 6.19 Å². The molecule has 5 nitrogen and oxygen atoms in total. The fraction of sp³-hybridized carbons (Fsp3) is 0.111. The third-order valence-electron chi connectivity index (χ3n) is 3.59. The topological polar surface area (TPSA) is 76.0 Å². The third-order valence-corrected chi connectivity index (χ3v) is 4.08. The minimum absolute atomic E-state index is 0.449. The maximum absolute atomic E-state index is 8.88. The Kier molecular flexibility index (Phi) is 5.14. The molecule has 0 atom stereocenters. The standard InChI is InChI=1S/C18H16BrN5/c19-14-6-7-17-16(10-14)13(11-22-17)8-9-21-18(23-12-20)24-15-4-2-1-3-5-15/h1-7,10-11,22H,8-9H2,(H2,21,23,24). The molecule has 0 aliphatic carbocycles. The lowest BCUT2D eigenvalue weighted by Crippen LogP contribution is -2.27. The van der Waals surface area contributed by atoms with Gasteiger partial charge in [-0.2, -0.15) is 5.26 Å². The summed E-state index contributed by atoms with van der Waals surface area (Å²) < 4.78 is 1.05. The molecule has 0 bridgehead atoms. The van der Waals surface area contributed by atoms with Crippen molar-refractivity contribution in [1.82, 2.24) is 10.3 Å². The minimum Gasteiger partial charge on any atom is -0.361 e. The zero-order chi connectivity index (χ0) is 16.8. The van der Waals surface area contributed by atoms with Crippen molar-refractivity contribution < 1.29 is 0 Å². The number of fused-ring (bicyclic) bond motifs is 1. The number of aromatic amines is 1. The number of aliphatic imine (C=N–C) groups is 1. The van der Waals surface area contributed by atoms with Crippen LogP contribution < -0.4 is 10.6 Å². The van der Waals surface area contributed by atoms with Crippen LogP contribution in [0.1, 0.15) is 5.56 Å². The van der Waals surface area contributed by atoms with E-state index in [1.54, 1.807) is 0 Å². The van der Waals surface area contributed by atoms with Crippen LogP contribution >= 0.6 is 15.9 Å². The summed E-state index contributed by atoms with van der Waals surface area (Å²) in [7, 11) is 0. The van der Waals surface area contributed by atoms with Crippen LogP contribution in [-0.4, -0.2) is 17.5 Å². The maximum atomic E-state index is 8.88. The number of halogens is 1. The number of hydrogen-bond donors (Lipinski definition) is 3. The van der Waals surface area contributed by atoms with Gasteiger partial charge in [0.15, 0.2) is 6.19 Å². The first-order chi connectivity index (χ1) is 11.8. The van der Waals surface area contributed by atoms with Gasteiger partial charge in [0, 0.05) is 33.8 Å². The second kappa shape index (κ2) is 7.66. The highest BCUT2D eigenvalue weighted by atomic mass is 79.9. The van der Waals surface area contributed by atoms with E-state index < -0.39 is 0 Å². The summed E-state index contributed by atoms with van der Waals surface area (Å²) in [6, 6.07) is 15.8. The monoisotopic (exact) mass is 381 g/mol. The number of para-hydroxylation sites is 1. The molecule has 1 heterocycles. The molecule has 24 heavy (non-hydrogen) atoms. The number of rotatable bonds is 4. The zero-order valence-corrected chi connectivity index (χ0v) is 14.5. The van der Waals surface area contributed by atoms with E-state index in [0.29, 0.717) is 12.5 Å². The quantitative estimate of drug-likeness (QED) is 0.276. The molecule has 0 aliphatic heterocycles. The molecule has 0 amide bonds. The maximum Gasteiger partial charge on any atom is 0.209 e. The number of nitrogens with one attached hydrogen (secondary N) is 3.